The number of benzene rings is 1. The first-order chi connectivity index (χ1) is 10.2. The topological polar surface area (TPSA) is 56.2 Å². The van der Waals surface area contributed by atoms with Gasteiger partial charge in [0, 0.05) is 5.56 Å². The number of hydrogen-bond donors (Lipinski definition) is 1. The molecule has 2 N–H and O–H groups in total. The van der Waals surface area contributed by atoms with E-state index < -0.39 is 0 Å². The smallest absolute Gasteiger partial charge is 0.212 e. The zero-order valence-corrected chi connectivity index (χ0v) is 14.1. The predicted octanol–water partition coefficient (Wildman–Crippen LogP) is 3.78. The van der Waals surface area contributed by atoms with Crippen LogP contribution in [-0.2, 0) is 12.8 Å². The van der Waals surface area contributed by atoms with Crippen LogP contribution < -0.4 is 5.73 Å². The minimum Gasteiger partial charge on any atom is -0.322 e. The lowest BCUT2D eigenvalue weighted by atomic mass is 9.90. The maximum absolute atomic E-state index is 5.87. The fourth-order valence-electron chi connectivity index (χ4n) is 2.93. The van der Waals surface area contributed by atoms with Crippen LogP contribution in [0.5, 0.6) is 0 Å². The average molecular weight is 335 g/mol. The Kier molecular flexibility index (Phi) is 4.21. The molecule has 1 aliphatic carbocycles. The molecule has 1 aromatic carbocycles. The molecule has 116 valence electrons. The minimum atomic E-state index is -0.0381. The van der Waals surface area contributed by atoms with Crippen LogP contribution in [0, 0.1) is 0 Å². The van der Waals surface area contributed by atoms with E-state index in [-0.39, 0.29) is 18.4 Å². The minimum absolute atomic E-state index is 0. The van der Waals surface area contributed by atoms with Gasteiger partial charge in [0.15, 0.2) is 0 Å². The van der Waals surface area contributed by atoms with E-state index in [4.69, 9.17) is 10.7 Å². The molecule has 4 nitrogen and oxygen atoms in total. The summed E-state index contributed by atoms with van der Waals surface area (Å²) in [6.07, 6.45) is 7.03. The molecular weight excluding hydrogens is 316 g/mol. The Morgan fingerprint density at radius 3 is 2.73 bits per heavy atom. The van der Waals surface area contributed by atoms with Gasteiger partial charge in [0.1, 0.15) is 5.01 Å². The van der Waals surface area contributed by atoms with Crippen molar-refractivity contribution < 1.29 is 0 Å². The Morgan fingerprint density at radius 1 is 1.23 bits per heavy atom. The second kappa shape index (κ2) is 5.99. The van der Waals surface area contributed by atoms with Crippen LogP contribution in [0.15, 0.2) is 24.4 Å². The number of halogens is 1. The SMILES string of the molecule is CC(N)c1nn2cc(-c3ccc4c(c3)CCCC4)nc2s1.Cl. The summed E-state index contributed by atoms with van der Waals surface area (Å²) in [5, 5.41) is 5.42. The maximum atomic E-state index is 5.87. The lowest BCUT2D eigenvalue weighted by Crippen LogP contribution is -2.04. The lowest BCUT2D eigenvalue weighted by Gasteiger charge is -2.15. The summed E-state index contributed by atoms with van der Waals surface area (Å²) in [7, 11) is 0. The van der Waals surface area contributed by atoms with E-state index in [9.17, 15) is 0 Å². The predicted molar refractivity (Wildman–Crippen MR) is 92.8 cm³/mol. The molecule has 0 saturated heterocycles. The zero-order valence-electron chi connectivity index (χ0n) is 12.5. The molecule has 6 heteroatoms. The summed E-state index contributed by atoms with van der Waals surface area (Å²) < 4.78 is 1.85. The van der Waals surface area contributed by atoms with Gasteiger partial charge in [-0.15, -0.1) is 12.4 Å². The molecule has 0 saturated carbocycles. The summed E-state index contributed by atoms with van der Waals surface area (Å²) >= 11 is 1.57. The van der Waals surface area contributed by atoms with Crippen LogP contribution in [0.1, 0.15) is 41.9 Å². The lowest BCUT2D eigenvalue weighted by molar-refractivity contribution is 0.686. The van der Waals surface area contributed by atoms with Gasteiger partial charge in [-0.2, -0.15) is 5.10 Å². The Bertz CT molecular complexity index is 774. The van der Waals surface area contributed by atoms with Crippen LogP contribution in [0.2, 0.25) is 0 Å². The molecule has 0 spiro atoms. The molecule has 3 aromatic rings. The molecule has 0 fully saturated rings. The van der Waals surface area contributed by atoms with Gasteiger partial charge in [0.05, 0.1) is 17.9 Å². The summed E-state index contributed by atoms with van der Waals surface area (Å²) in [6, 6.07) is 6.71. The molecule has 1 aliphatic rings. The van der Waals surface area contributed by atoms with E-state index in [1.165, 1.54) is 42.4 Å². The third-order valence-corrected chi connectivity index (χ3v) is 5.22. The molecule has 2 aromatic heterocycles. The first-order valence-corrected chi connectivity index (χ1v) is 8.26. The van der Waals surface area contributed by atoms with Crippen LogP contribution in [-0.4, -0.2) is 14.6 Å². The number of fused-ring (bicyclic) bond motifs is 2. The maximum Gasteiger partial charge on any atom is 0.212 e. The Hall–Kier alpha value is -1.43. The highest BCUT2D eigenvalue weighted by Crippen LogP contribution is 2.28. The zero-order chi connectivity index (χ0) is 14.4. The van der Waals surface area contributed by atoms with Gasteiger partial charge in [-0.3, -0.25) is 0 Å². The van der Waals surface area contributed by atoms with Crippen LogP contribution in [0.3, 0.4) is 0 Å². The summed E-state index contributed by atoms with van der Waals surface area (Å²) in [5.74, 6) is 0. The van der Waals surface area contributed by atoms with E-state index in [0.29, 0.717) is 0 Å². The summed E-state index contributed by atoms with van der Waals surface area (Å²) in [4.78, 5) is 5.61. The molecule has 4 rings (SSSR count). The van der Waals surface area contributed by atoms with Gasteiger partial charge in [-0.25, -0.2) is 9.50 Å². The monoisotopic (exact) mass is 334 g/mol. The third-order valence-electron chi connectivity index (χ3n) is 4.09. The van der Waals surface area contributed by atoms with Crippen molar-refractivity contribution in [3.05, 3.63) is 40.5 Å². The second-order valence-corrected chi connectivity index (χ2v) is 6.76. The van der Waals surface area contributed by atoms with Gasteiger partial charge in [-0.05, 0) is 49.8 Å². The highest BCUT2D eigenvalue weighted by Gasteiger charge is 2.14. The van der Waals surface area contributed by atoms with Crippen molar-refractivity contribution in [2.45, 2.75) is 38.6 Å². The van der Waals surface area contributed by atoms with Gasteiger partial charge in [0.2, 0.25) is 4.96 Å². The van der Waals surface area contributed by atoms with Crippen molar-refractivity contribution >= 4 is 28.7 Å². The normalized spacial score (nSPS) is 15.4. The van der Waals surface area contributed by atoms with Crippen molar-refractivity contribution in [1.82, 2.24) is 14.6 Å². The van der Waals surface area contributed by atoms with E-state index in [1.54, 1.807) is 11.3 Å². The summed E-state index contributed by atoms with van der Waals surface area (Å²) in [6.45, 7) is 1.95. The molecule has 1 unspecified atom stereocenters. The molecule has 0 amide bonds. The first kappa shape index (κ1) is 15.5. The van der Waals surface area contributed by atoms with Gasteiger partial charge in [-0.1, -0.05) is 23.5 Å². The van der Waals surface area contributed by atoms with Gasteiger partial charge >= 0.3 is 0 Å². The number of hydrogen-bond acceptors (Lipinski definition) is 4. The molecular formula is C16H19ClN4S. The molecule has 0 bridgehead atoms. The second-order valence-electron chi connectivity index (χ2n) is 5.77. The van der Waals surface area contributed by atoms with E-state index in [2.05, 4.69) is 23.3 Å². The first-order valence-electron chi connectivity index (χ1n) is 7.44. The van der Waals surface area contributed by atoms with E-state index in [0.717, 1.165) is 15.7 Å². The van der Waals surface area contributed by atoms with Crippen molar-refractivity contribution in [3.8, 4) is 11.3 Å². The third kappa shape index (κ3) is 2.64. The van der Waals surface area contributed by atoms with E-state index in [1.807, 2.05) is 17.6 Å². The molecule has 22 heavy (non-hydrogen) atoms. The molecule has 1 atom stereocenters. The number of imidazole rings is 1. The largest absolute Gasteiger partial charge is 0.322 e. The number of aromatic nitrogens is 3. The molecule has 0 radical (unpaired) electrons. The Labute approximate surface area is 139 Å². The van der Waals surface area contributed by atoms with Crippen molar-refractivity contribution in [3.63, 3.8) is 0 Å². The van der Waals surface area contributed by atoms with Crippen molar-refractivity contribution in [1.29, 1.82) is 0 Å². The molecule has 2 heterocycles. The van der Waals surface area contributed by atoms with Gasteiger partial charge < -0.3 is 5.73 Å². The molecule has 0 aliphatic heterocycles. The number of rotatable bonds is 2. The van der Waals surface area contributed by atoms with E-state index >= 15 is 0 Å². The average Bonchev–Trinajstić information content (AvgIpc) is 3.05. The van der Waals surface area contributed by atoms with Crippen LogP contribution in [0.25, 0.3) is 16.2 Å². The standard InChI is InChI=1S/C16H18N4S.ClH/c1-10(17)15-19-20-9-14(18-16(20)21-15)13-7-6-11-4-2-3-5-12(11)8-13;/h6-10H,2-5,17H2,1H3;1H. The fraction of sp³-hybridized carbons (Fsp3) is 0.375. The Balaban J connectivity index is 0.00000144. The van der Waals surface area contributed by atoms with Gasteiger partial charge in [0.25, 0.3) is 0 Å². The fourth-order valence-corrected chi connectivity index (χ4v) is 3.76. The Morgan fingerprint density at radius 2 is 2.00 bits per heavy atom. The summed E-state index contributed by atoms with van der Waals surface area (Å²) in [5.41, 5.74) is 11.0. The highest BCUT2D eigenvalue weighted by atomic mass is 35.5. The number of nitrogens with zero attached hydrogens (tertiary/aromatic N) is 3. The van der Waals surface area contributed by atoms with Crippen molar-refractivity contribution in [2.75, 3.05) is 0 Å². The quantitative estimate of drug-likeness (QED) is 0.776. The van der Waals surface area contributed by atoms with Crippen LogP contribution in [0.4, 0.5) is 0 Å². The van der Waals surface area contributed by atoms with Crippen LogP contribution >= 0.6 is 23.7 Å². The number of aryl methyl sites for hydroxylation is 2. The number of nitrogens with two attached hydrogens (primary N) is 1. The van der Waals surface area contributed by atoms with Crippen molar-refractivity contribution in [2.24, 2.45) is 5.73 Å². The highest BCUT2D eigenvalue weighted by molar-refractivity contribution is 7.16.